The van der Waals surface area contributed by atoms with Crippen LogP contribution in [0.5, 0.6) is 0 Å². The van der Waals surface area contributed by atoms with Crippen LogP contribution in [-0.2, 0) is 11.3 Å². The lowest BCUT2D eigenvalue weighted by Crippen LogP contribution is -2.37. The number of benzene rings is 1. The molecule has 0 saturated carbocycles. The number of ether oxygens (including phenoxy) is 1. The fraction of sp³-hybridized carbons (Fsp3) is 0.562. The Balaban J connectivity index is 2.22. The van der Waals surface area contributed by atoms with Crippen molar-refractivity contribution in [2.24, 2.45) is 0 Å². The average molecular weight is 276 g/mol. The third kappa shape index (κ3) is 2.96. The van der Waals surface area contributed by atoms with Crippen molar-refractivity contribution < 1.29 is 9.53 Å². The number of cyclic esters (lactones) is 1. The van der Waals surface area contributed by atoms with Crippen LogP contribution in [0.25, 0.3) is 0 Å². The van der Waals surface area contributed by atoms with Gasteiger partial charge in [0.2, 0.25) is 0 Å². The molecule has 0 radical (unpaired) electrons. The Hall–Kier alpha value is -1.55. The zero-order valence-corrected chi connectivity index (χ0v) is 13.0. The van der Waals surface area contributed by atoms with E-state index < -0.39 is 0 Å². The molecule has 1 aliphatic heterocycles. The van der Waals surface area contributed by atoms with Crippen LogP contribution < -0.4 is 0 Å². The highest BCUT2D eigenvalue weighted by atomic mass is 16.6. The highest BCUT2D eigenvalue weighted by Crippen LogP contribution is 2.33. The van der Waals surface area contributed by atoms with Crippen LogP contribution >= 0.6 is 0 Å². The summed E-state index contributed by atoms with van der Waals surface area (Å²) in [5, 5.41) is 0. The van der Waals surface area contributed by atoms with Crippen LogP contribution in [0.3, 0.4) is 0 Å². The fourth-order valence-electron chi connectivity index (χ4n) is 2.84. The van der Waals surface area contributed by atoms with Crippen molar-refractivity contribution in [2.75, 3.05) is 14.1 Å². The lowest BCUT2D eigenvalue weighted by atomic mass is 10.0. The molecule has 1 amide bonds. The largest absolute Gasteiger partial charge is 0.439 e. The van der Waals surface area contributed by atoms with Gasteiger partial charge in [0.25, 0.3) is 0 Å². The minimum Gasteiger partial charge on any atom is -0.439 e. The van der Waals surface area contributed by atoms with E-state index >= 15 is 0 Å². The number of hydrogen-bond donors (Lipinski definition) is 0. The molecule has 1 fully saturated rings. The molecule has 2 rings (SSSR count). The summed E-state index contributed by atoms with van der Waals surface area (Å²) in [7, 11) is 4.09. The van der Waals surface area contributed by atoms with E-state index in [1.807, 2.05) is 51.9 Å². The van der Waals surface area contributed by atoms with Gasteiger partial charge in [-0.25, -0.2) is 4.79 Å². The van der Waals surface area contributed by atoms with Crippen LogP contribution in [0, 0.1) is 0 Å². The maximum Gasteiger partial charge on any atom is 0.411 e. The molecule has 4 nitrogen and oxygen atoms in total. The Kier molecular flexibility index (Phi) is 4.33. The number of amides is 1. The minimum absolute atomic E-state index is 0.0668. The van der Waals surface area contributed by atoms with Gasteiger partial charge in [0.1, 0.15) is 6.10 Å². The standard InChI is InChI=1S/C16H24N2O2/c1-11(2)18-12(3)15(20-16(18)19)14-8-6-7-13(9-14)10-17(4)5/h6-9,11-12,15H,10H2,1-5H3. The first-order chi connectivity index (χ1) is 9.40. The molecule has 0 aliphatic carbocycles. The molecule has 0 bridgehead atoms. The van der Waals surface area contributed by atoms with Gasteiger partial charge >= 0.3 is 6.09 Å². The molecular weight excluding hydrogens is 252 g/mol. The van der Waals surface area contributed by atoms with Crippen LogP contribution in [0.15, 0.2) is 24.3 Å². The number of carbonyl (C=O) groups excluding carboxylic acids is 1. The van der Waals surface area contributed by atoms with E-state index in [0.29, 0.717) is 0 Å². The maximum absolute atomic E-state index is 12.0. The van der Waals surface area contributed by atoms with E-state index in [9.17, 15) is 4.79 Å². The van der Waals surface area contributed by atoms with Gasteiger partial charge in [0.15, 0.2) is 0 Å². The van der Waals surface area contributed by atoms with E-state index in [1.165, 1.54) is 5.56 Å². The van der Waals surface area contributed by atoms with Crippen LogP contribution in [0.4, 0.5) is 4.79 Å². The van der Waals surface area contributed by atoms with E-state index in [2.05, 4.69) is 17.0 Å². The third-order valence-electron chi connectivity index (χ3n) is 3.65. The molecule has 1 aromatic rings. The van der Waals surface area contributed by atoms with E-state index in [0.717, 1.165) is 12.1 Å². The van der Waals surface area contributed by atoms with Gasteiger partial charge in [-0.1, -0.05) is 24.3 Å². The Morgan fingerprint density at radius 2 is 2.05 bits per heavy atom. The Labute approximate surface area is 121 Å². The zero-order chi connectivity index (χ0) is 14.9. The second kappa shape index (κ2) is 5.83. The summed E-state index contributed by atoms with van der Waals surface area (Å²) in [5.74, 6) is 0. The molecule has 0 spiro atoms. The predicted molar refractivity (Wildman–Crippen MR) is 79.5 cm³/mol. The van der Waals surface area contributed by atoms with Gasteiger partial charge in [-0.3, -0.25) is 4.90 Å². The molecule has 110 valence electrons. The van der Waals surface area contributed by atoms with Crippen LogP contribution in [0.1, 0.15) is 38.0 Å². The molecule has 20 heavy (non-hydrogen) atoms. The highest BCUT2D eigenvalue weighted by molar-refractivity contribution is 5.71. The number of hydrogen-bond acceptors (Lipinski definition) is 3. The topological polar surface area (TPSA) is 32.8 Å². The van der Waals surface area contributed by atoms with Crippen molar-refractivity contribution in [1.82, 2.24) is 9.80 Å². The first-order valence-corrected chi connectivity index (χ1v) is 7.12. The number of nitrogens with zero attached hydrogens (tertiary/aromatic N) is 2. The Morgan fingerprint density at radius 1 is 1.35 bits per heavy atom. The van der Waals surface area contributed by atoms with Gasteiger partial charge < -0.3 is 9.64 Å². The van der Waals surface area contributed by atoms with Gasteiger partial charge in [0.05, 0.1) is 6.04 Å². The number of rotatable bonds is 4. The maximum atomic E-state index is 12.0. The van der Waals surface area contributed by atoms with Crippen molar-refractivity contribution in [3.63, 3.8) is 0 Å². The average Bonchev–Trinajstić information content (AvgIpc) is 2.64. The zero-order valence-electron chi connectivity index (χ0n) is 13.0. The van der Waals surface area contributed by atoms with Gasteiger partial charge in [-0.2, -0.15) is 0 Å². The fourth-order valence-corrected chi connectivity index (χ4v) is 2.84. The highest BCUT2D eigenvalue weighted by Gasteiger charge is 2.40. The van der Waals surface area contributed by atoms with Crippen LogP contribution in [-0.4, -0.2) is 42.1 Å². The SMILES string of the molecule is CC(C)N1C(=O)OC(c2cccc(CN(C)C)c2)C1C. The Morgan fingerprint density at radius 3 is 2.60 bits per heavy atom. The van der Waals surface area contributed by atoms with Crippen molar-refractivity contribution >= 4 is 6.09 Å². The summed E-state index contributed by atoms with van der Waals surface area (Å²) in [4.78, 5) is 15.9. The van der Waals surface area contributed by atoms with Crippen molar-refractivity contribution in [2.45, 2.75) is 45.5 Å². The quantitative estimate of drug-likeness (QED) is 0.847. The normalized spacial score (nSPS) is 22.8. The molecule has 2 unspecified atom stereocenters. The van der Waals surface area contributed by atoms with Crippen molar-refractivity contribution in [3.8, 4) is 0 Å². The number of carbonyl (C=O) groups is 1. The third-order valence-corrected chi connectivity index (χ3v) is 3.65. The first kappa shape index (κ1) is 14.9. The van der Waals surface area contributed by atoms with Gasteiger partial charge in [-0.15, -0.1) is 0 Å². The summed E-state index contributed by atoms with van der Waals surface area (Å²) in [6.45, 7) is 6.97. The molecule has 1 aromatic carbocycles. The summed E-state index contributed by atoms with van der Waals surface area (Å²) in [5.41, 5.74) is 2.31. The molecular formula is C16H24N2O2. The lowest BCUT2D eigenvalue weighted by Gasteiger charge is -2.24. The van der Waals surface area contributed by atoms with E-state index in [-0.39, 0.29) is 24.3 Å². The predicted octanol–water partition coefficient (Wildman–Crippen LogP) is 3.04. The van der Waals surface area contributed by atoms with E-state index in [1.54, 1.807) is 0 Å². The molecule has 1 saturated heterocycles. The second-order valence-electron chi connectivity index (χ2n) is 6.03. The smallest absolute Gasteiger partial charge is 0.411 e. The summed E-state index contributed by atoms with van der Waals surface area (Å²) in [6, 6.07) is 8.54. The summed E-state index contributed by atoms with van der Waals surface area (Å²) >= 11 is 0. The molecule has 4 heteroatoms. The Bertz CT molecular complexity index is 485. The monoisotopic (exact) mass is 276 g/mol. The molecule has 0 N–H and O–H groups in total. The first-order valence-electron chi connectivity index (χ1n) is 7.12. The molecule has 0 aromatic heterocycles. The van der Waals surface area contributed by atoms with Crippen molar-refractivity contribution in [1.29, 1.82) is 0 Å². The summed E-state index contributed by atoms with van der Waals surface area (Å²) in [6.07, 6.45) is -0.387. The van der Waals surface area contributed by atoms with E-state index in [4.69, 9.17) is 4.74 Å². The van der Waals surface area contributed by atoms with Crippen LogP contribution in [0.2, 0.25) is 0 Å². The molecule has 1 heterocycles. The lowest BCUT2D eigenvalue weighted by molar-refractivity contribution is 0.129. The second-order valence-corrected chi connectivity index (χ2v) is 6.03. The summed E-state index contributed by atoms with van der Waals surface area (Å²) < 4.78 is 5.57. The van der Waals surface area contributed by atoms with Gasteiger partial charge in [0, 0.05) is 12.6 Å². The molecule has 1 aliphatic rings. The molecule has 2 atom stereocenters. The van der Waals surface area contributed by atoms with Crippen molar-refractivity contribution in [3.05, 3.63) is 35.4 Å². The minimum atomic E-state index is -0.212. The van der Waals surface area contributed by atoms with Gasteiger partial charge in [-0.05, 0) is 46.0 Å².